The summed E-state index contributed by atoms with van der Waals surface area (Å²) in [4.78, 5) is 25.9. The van der Waals surface area contributed by atoms with Crippen LogP contribution < -0.4 is 10.2 Å². The summed E-state index contributed by atoms with van der Waals surface area (Å²) in [5, 5.41) is 3.14. The highest BCUT2D eigenvalue weighted by molar-refractivity contribution is 6.06. The number of nitrogens with one attached hydrogen (secondary N) is 1. The van der Waals surface area contributed by atoms with Gasteiger partial charge in [-0.1, -0.05) is 60.7 Å². The molecule has 2 aromatic rings. The van der Waals surface area contributed by atoms with Crippen LogP contribution >= 0.6 is 0 Å². The molecule has 1 N–H and O–H groups in total. The Kier molecular flexibility index (Phi) is 5.71. The highest BCUT2D eigenvalue weighted by Gasteiger charge is 2.46. The van der Waals surface area contributed by atoms with Gasteiger partial charge in [0.1, 0.15) is 6.04 Å². The van der Waals surface area contributed by atoms with Gasteiger partial charge in [-0.15, -0.1) is 0 Å². The lowest BCUT2D eigenvalue weighted by Crippen LogP contribution is -2.69. The predicted molar refractivity (Wildman–Crippen MR) is 106 cm³/mol. The molecular formula is C22H22N2O3. The molecule has 0 saturated carbocycles. The molecule has 138 valence electrons. The Balaban J connectivity index is 1.83. The van der Waals surface area contributed by atoms with Gasteiger partial charge in [0.25, 0.3) is 5.91 Å². The van der Waals surface area contributed by atoms with E-state index in [9.17, 15) is 9.59 Å². The first-order valence-corrected chi connectivity index (χ1v) is 8.74. The molecule has 0 unspecified atom stereocenters. The number of benzene rings is 2. The Hall–Kier alpha value is -3.34. The minimum atomic E-state index is -0.455. The van der Waals surface area contributed by atoms with Gasteiger partial charge in [-0.25, -0.2) is 4.79 Å². The summed E-state index contributed by atoms with van der Waals surface area (Å²) in [7, 11) is 1.32. The molecule has 0 aliphatic carbocycles. The number of esters is 1. The van der Waals surface area contributed by atoms with Crippen molar-refractivity contribution in [1.29, 1.82) is 0 Å². The highest BCUT2D eigenvalue weighted by atomic mass is 16.5. The van der Waals surface area contributed by atoms with Gasteiger partial charge in [-0.3, -0.25) is 4.79 Å². The number of β-lactam (4-membered cyclic amide) rings is 1. The molecule has 5 nitrogen and oxygen atoms in total. The maximum atomic E-state index is 12.8. The van der Waals surface area contributed by atoms with Crippen molar-refractivity contribution in [3.8, 4) is 0 Å². The van der Waals surface area contributed by atoms with Crippen LogP contribution in [0.1, 0.15) is 12.5 Å². The molecule has 1 fully saturated rings. The fourth-order valence-electron chi connectivity index (χ4n) is 3.04. The van der Waals surface area contributed by atoms with Crippen molar-refractivity contribution < 1.29 is 14.3 Å². The maximum Gasteiger partial charge on any atom is 0.332 e. The minimum absolute atomic E-state index is 0.0403. The first-order valence-electron chi connectivity index (χ1n) is 8.74. The molecule has 0 spiro atoms. The number of hydrogen-bond donors (Lipinski definition) is 1. The number of nitrogens with zero attached hydrogens (tertiary/aromatic N) is 1. The lowest BCUT2D eigenvalue weighted by molar-refractivity contribution is -0.135. The zero-order chi connectivity index (χ0) is 19.2. The summed E-state index contributed by atoms with van der Waals surface area (Å²) in [5.41, 5.74) is 2.49. The van der Waals surface area contributed by atoms with Crippen LogP contribution in [-0.2, 0) is 14.3 Å². The molecule has 1 aliphatic rings. The van der Waals surface area contributed by atoms with E-state index in [0.717, 1.165) is 11.3 Å². The van der Waals surface area contributed by atoms with Crippen molar-refractivity contribution in [3.63, 3.8) is 0 Å². The van der Waals surface area contributed by atoms with E-state index in [1.807, 2.05) is 72.8 Å². The van der Waals surface area contributed by atoms with E-state index in [0.29, 0.717) is 5.70 Å². The molecule has 1 aliphatic heterocycles. The van der Waals surface area contributed by atoms with Crippen molar-refractivity contribution in [1.82, 2.24) is 5.32 Å². The van der Waals surface area contributed by atoms with Crippen LogP contribution in [0.2, 0.25) is 0 Å². The lowest BCUT2D eigenvalue weighted by atomic mass is 9.92. The van der Waals surface area contributed by atoms with Crippen LogP contribution in [-0.4, -0.2) is 31.1 Å². The molecule has 1 heterocycles. The Labute approximate surface area is 158 Å². The SMILES string of the molecule is COC(=O)C=C(C)N[C@H]1C(=O)N(c2ccccc2)[C@H]1C=Cc1ccccc1. The smallest absolute Gasteiger partial charge is 0.332 e. The lowest BCUT2D eigenvalue weighted by Gasteiger charge is -2.46. The number of carbonyl (C=O) groups is 2. The normalized spacial score (nSPS) is 19.7. The first-order chi connectivity index (χ1) is 13.1. The van der Waals surface area contributed by atoms with E-state index in [1.54, 1.807) is 11.8 Å². The molecule has 3 rings (SSSR count). The summed E-state index contributed by atoms with van der Waals surface area (Å²) in [6.45, 7) is 1.74. The zero-order valence-electron chi connectivity index (χ0n) is 15.3. The summed E-state index contributed by atoms with van der Waals surface area (Å²) < 4.78 is 4.64. The van der Waals surface area contributed by atoms with E-state index in [-0.39, 0.29) is 11.9 Å². The molecular weight excluding hydrogens is 340 g/mol. The third-order valence-electron chi connectivity index (χ3n) is 4.38. The Morgan fingerprint density at radius 2 is 1.70 bits per heavy atom. The van der Waals surface area contributed by atoms with E-state index < -0.39 is 12.0 Å². The number of para-hydroxylation sites is 1. The summed E-state index contributed by atoms with van der Waals surface area (Å²) in [5.74, 6) is -0.496. The highest BCUT2D eigenvalue weighted by Crippen LogP contribution is 2.30. The van der Waals surface area contributed by atoms with Gasteiger partial charge in [0, 0.05) is 17.5 Å². The molecule has 0 radical (unpaired) electrons. The summed E-state index contributed by atoms with van der Waals surface area (Å²) in [6.07, 6.45) is 5.35. The maximum absolute atomic E-state index is 12.8. The fraction of sp³-hybridized carbons (Fsp3) is 0.182. The number of carbonyl (C=O) groups excluding carboxylic acids is 2. The standard InChI is InChI=1S/C22H22N2O3/c1-16(15-20(25)27-2)23-21-19(14-13-17-9-5-3-6-10-17)24(22(21)26)18-11-7-4-8-12-18/h3-15,19,21,23H,1-2H3/t19-,21+/m0/s1. The third kappa shape index (κ3) is 4.26. The number of allylic oxidation sites excluding steroid dienone is 1. The van der Waals surface area contributed by atoms with Crippen LogP contribution in [0.4, 0.5) is 5.69 Å². The van der Waals surface area contributed by atoms with Crippen molar-refractivity contribution in [3.05, 3.63) is 84.1 Å². The van der Waals surface area contributed by atoms with Gasteiger partial charge < -0.3 is 15.0 Å². The number of rotatable bonds is 6. The second-order valence-corrected chi connectivity index (χ2v) is 6.28. The third-order valence-corrected chi connectivity index (χ3v) is 4.38. The molecule has 2 aromatic carbocycles. The van der Waals surface area contributed by atoms with Crippen LogP contribution in [0.15, 0.2) is 78.5 Å². The van der Waals surface area contributed by atoms with Gasteiger partial charge in [0.15, 0.2) is 0 Å². The predicted octanol–water partition coefficient (Wildman–Crippen LogP) is 3.15. The molecule has 1 amide bonds. The average molecular weight is 362 g/mol. The van der Waals surface area contributed by atoms with Gasteiger partial charge >= 0.3 is 5.97 Å². The van der Waals surface area contributed by atoms with E-state index in [2.05, 4.69) is 10.1 Å². The van der Waals surface area contributed by atoms with E-state index in [4.69, 9.17) is 0 Å². The number of anilines is 1. The number of hydrogen-bond acceptors (Lipinski definition) is 4. The van der Waals surface area contributed by atoms with E-state index in [1.165, 1.54) is 13.2 Å². The van der Waals surface area contributed by atoms with Gasteiger partial charge in [-0.05, 0) is 24.6 Å². The van der Waals surface area contributed by atoms with Crippen molar-refractivity contribution >= 4 is 23.6 Å². The fourth-order valence-corrected chi connectivity index (χ4v) is 3.04. The van der Waals surface area contributed by atoms with Gasteiger partial charge in [0.05, 0.1) is 13.2 Å². The van der Waals surface area contributed by atoms with Gasteiger partial charge in [-0.2, -0.15) is 0 Å². The van der Waals surface area contributed by atoms with Crippen molar-refractivity contribution in [2.45, 2.75) is 19.0 Å². The summed E-state index contributed by atoms with van der Waals surface area (Å²) in [6, 6.07) is 18.9. The van der Waals surface area contributed by atoms with Crippen molar-refractivity contribution in [2.24, 2.45) is 0 Å². The largest absolute Gasteiger partial charge is 0.466 e. The number of amides is 1. The molecule has 5 heteroatoms. The molecule has 27 heavy (non-hydrogen) atoms. The summed E-state index contributed by atoms with van der Waals surface area (Å²) >= 11 is 0. The van der Waals surface area contributed by atoms with Crippen LogP contribution in [0.5, 0.6) is 0 Å². The minimum Gasteiger partial charge on any atom is -0.466 e. The Bertz CT molecular complexity index is 860. The molecule has 0 aromatic heterocycles. The first kappa shape index (κ1) is 18.5. The Morgan fingerprint density at radius 3 is 2.33 bits per heavy atom. The van der Waals surface area contributed by atoms with Crippen LogP contribution in [0.25, 0.3) is 6.08 Å². The monoisotopic (exact) mass is 362 g/mol. The van der Waals surface area contributed by atoms with E-state index >= 15 is 0 Å². The topological polar surface area (TPSA) is 58.6 Å². The molecule has 2 atom stereocenters. The Morgan fingerprint density at radius 1 is 1.07 bits per heavy atom. The number of ether oxygens (including phenoxy) is 1. The quantitative estimate of drug-likeness (QED) is 0.487. The molecule has 1 saturated heterocycles. The second-order valence-electron chi connectivity index (χ2n) is 6.28. The van der Waals surface area contributed by atoms with Gasteiger partial charge in [0.2, 0.25) is 0 Å². The molecule has 0 bridgehead atoms. The zero-order valence-corrected chi connectivity index (χ0v) is 15.3. The van der Waals surface area contributed by atoms with Crippen LogP contribution in [0.3, 0.4) is 0 Å². The average Bonchev–Trinajstić information content (AvgIpc) is 2.70. The second kappa shape index (κ2) is 8.36. The van der Waals surface area contributed by atoms with Crippen LogP contribution in [0, 0.1) is 0 Å². The van der Waals surface area contributed by atoms with Crippen molar-refractivity contribution in [2.75, 3.05) is 12.0 Å². The number of methoxy groups -OCH3 is 1.